The van der Waals surface area contributed by atoms with Crippen LogP contribution in [0.3, 0.4) is 0 Å². The highest BCUT2D eigenvalue weighted by Crippen LogP contribution is 2.25. The molecule has 0 saturated carbocycles. The summed E-state index contributed by atoms with van der Waals surface area (Å²) in [4.78, 5) is 33.7. The topological polar surface area (TPSA) is 135 Å². The van der Waals surface area contributed by atoms with Gasteiger partial charge >= 0.3 is 6.09 Å². The van der Waals surface area contributed by atoms with Crippen molar-refractivity contribution < 1.29 is 24.0 Å². The number of benzene rings is 1. The predicted octanol–water partition coefficient (Wildman–Crippen LogP) is 3.13. The van der Waals surface area contributed by atoms with Crippen molar-refractivity contribution in [1.82, 2.24) is 24.4 Å². The summed E-state index contributed by atoms with van der Waals surface area (Å²) in [5.41, 5.74) is 4.31. The van der Waals surface area contributed by atoms with Crippen LogP contribution in [0.1, 0.15) is 27.5 Å². The van der Waals surface area contributed by atoms with Crippen molar-refractivity contribution in [2.75, 3.05) is 18.4 Å². The fourth-order valence-electron chi connectivity index (χ4n) is 3.66. The molecule has 1 aliphatic heterocycles. The highest BCUT2D eigenvalue weighted by Gasteiger charge is 2.31. The first kappa shape index (κ1) is 21.6. The number of carboxylic acid groups (broad SMARTS) is 1. The lowest BCUT2D eigenvalue weighted by atomic mass is 10.1. The van der Waals surface area contributed by atoms with Gasteiger partial charge in [0.25, 0.3) is 11.8 Å². The van der Waals surface area contributed by atoms with E-state index in [1.807, 2.05) is 44.3 Å². The SMILES string of the molecule is Cc1ccc2ncc(C(=O)Nc3cc(-c4noc(COC5CN(C(=O)O)C5)n4)ccc3C)n2c1. The van der Waals surface area contributed by atoms with Gasteiger partial charge in [0.05, 0.1) is 25.4 Å². The monoisotopic (exact) mass is 462 g/mol. The fourth-order valence-corrected chi connectivity index (χ4v) is 3.66. The molecule has 2 amide bonds. The third-order valence-corrected chi connectivity index (χ3v) is 5.66. The van der Waals surface area contributed by atoms with E-state index in [-0.39, 0.29) is 24.5 Å². The average Bonchev–Trinajstić information content (AvgIpc) is 3.41. The van der Waals surface area contributed by atoms with E-state index >= 15 is 0 Å². The van der Waals surface area contributed by atoms with Crippen LogP contribution in [0.15, 0.2) is 47.2 Å². The lowest BCUT2D eigenvalue weighted by molar-refractivity contribution is -0.0589. The fraction of sp³-hybridized carbons (Fsp3) is 0.261. The number of imidazole rings is 1. The van der Waals surface area contributed by atoms with Crippen molar-refractivity contribution >= 4 is 23.3 Å². The highest BCUT2D eigenvalue weighted by atomic mass is 16.5. The molecule has 0 aliphatic carbocycles. The van der Waals surface area contributed by atoms with Gasteiger partial charge in [0, 0.05) is 17.4 Å². The number of aryl methyl sites for hydroxylation is 2. The maximum atomic E-state index is 13.0. The minimum Gasteiger partial charge on any atom is -0.465 e. The number of carbonyl (C=O) groups is 2. The standard InChI is InChI=1S/C23H22N6O5/c1-13-3-6-19-24-8-18(29(19)9-13)22(30)25-17-7-15(5-4-14(17)2)21-26-20(34-27-21)12-33-16-10-28(11-16)23(31)32/h3-9,16H,10-12H2,1-2H3,(H,25,30)(H,31,32). The van der Waals surface area contributed by atoms with Gasteiger partial charge in [-0.05, 0) is 37.1 Å². The number of amides is 2. The Balaban J connectivity index is 1.28. The van der Waals surface area contributed by atoms with Crippen LogP contribution in [0, 0.1) is 13.8 Å². The van der Waals surface area contributed by atoms with Crippen molar-refractivity contribution in [3.63, 3.8) is 0 Å². The van der Waals surface area contributed by atoms with Crippen LogP contribution in [0.25, 0.3) is 17.0 Å². The molecule has 34 heavy (non-hydrogen) atoms. The number of carbonyl (C=O) groups excluding carboxylic acids is 1. The molecule has 0 spiro atoms. The van der Waals surface area contributed by atoms with Gasteiger partial charge < -0.3 is 24.6 Å². The van der Waals surface area contributed by atoms with E-state index in [0.717, 1.165) is 11.1 Å². The molecule has 4 heterocycles. The number of anilines is 1. The molecule has 1 saturated heterocycles. The van der Waals surface area contributed by atoms with E-state index in [0.29, 0.717) is 41.5 Å². The molecule has 5 rings (SSSR count). The zero-order valence-corrected chi connectivity index (χ0v) is 18.6. The van der Waals surface area contributed by atoms with Crippen molar-refractivity contribution in [2.45, 2.75) is 26.6 Å². The van der Waals surface area contributed by atoms with Crippen LogP contribution in [-0.4, -0.2) is 60.7 Å². The number of rotatable bonds is 6. The van der Waals surface area contributed by atoms with E-state index in [4.69, 9.17) is 14.4 Å². The molecule has 0 atom stereocenters. The number of ether oxygens (including phenoxy) is 1. The third-order valence-electron chi connectivity index (χ3n) is 5.66. The van der Waals surface area contributed by atoms with Gasteiger partial charge in [0.1, 0.15) is 17.9 Å². The molecule has 2 N–H and O–H groups in total. The smallest absolute Gasteiger partial charge is 0.407 e. The highest BCUT2D eigenvalue weighted by molar-refractivity contribution is 6.04. The Morgan fingerprint density at radius 2 is 2.06 bits per heavy atom. The Bertz CT molecular complexity index is 1390. The molecule has 0 bridgehead atoms. The third kappa shape index (κ3) is 4.20. The molecule has 3 aromatic heterocycles. The number of nitrogens with zero attached hydrogens (tertiary/aromatic N) is 5. The normalized spacial score (nSPS) is 13.8. The van der Waals surface area contributed by atoms with E-state index in [9.17, 15) is 9.59 Å². The molecule has 1 aromatic carbocycles. The van der Waals surface area contributed by atoms with Crippen molar-refractivity contribution in [2.24, 2.45) is 0 Å². The van der Waals surface area contributed by atoms with Crippen molar-refractivity contribution in [3.05, 3.63) is 65.4 Å². The Labute approximate surface area is 194 Å². The van der Waals surface area contributed by atoms with Gasteiger partial charge in [-0.1, -0.05) is 23.4 Å². The second-order valence-electron chi connectivity index (χ2n) is 8.19. The summed E-state index contributed by atoms with van der Waals surface area (Å²) in [6.07, 6.45) is 2.27. The van der Waals surface area contributed by atoms with Crippen LogP contribution in [0.2, 0.25) is 0 Å². The largest absolute Gasteiger partial charge is 0.465 e. The number of nitrogens with one attached hydrogen (secondary N) is 1. The molecular formula is C23H22N6O5. The van der Waals surface area contributed by atoms with Gasteiger partial charge in [0.2, 0.25) is 5.82 Å². The minimum atomic E-state index is -0.960. The number of aromatic nitrogens is 4. The Kier molecular flexibility index (Phi) is 5.46. The van der Waals surface area contributed by atoms with E-state index in [2.05, 4.69) is 20.4 Å². The molecule has 0 unspecified atom stereocenters. The van der Waals surface area contributed by atoms with E-state index in [1.54, 1.807) is 16.7 Å². The maximum absolute atomic E-state index is 13.0. The van der Waals surface area contributed by atoms with Gasteiger partial charge in [-0.25, -0.2) is 9.78 Å². The lowest BCUT2D eigenvalue weighted by Gasteiger charge is -2.36. The summed E-state index contributed by atoms with van der Waals surface area (Å²) in [5, 5.41) is 15.8. The van der Waals surface area contributed by atoms with Crippen molar-refractivity contribution in [1.29, 1.82) is 0 Å². The van der Waals surface area contributed by atoms with Crippen molar-refractivity contribution in [3.8, 4) is 11.4 Å². The first-order chi connectivity index (χ1) is 16.4. The molecule has 1 fully saturated rings. The number of fused-ring (bicyclic) bond motifs is 1. The number of likely N-dealkylation sites (tertiary alicyclic amines) is 1. The van der Waals surface area contributed by atoms with Gasteiger partial charge in [-0.2, -0.15) is 4.98 Å². The first-order valence-corrected chi connectivity index (χ1v) is 10.7. The average molecular weight is 462 g/mol. The zero-order chi connectivity index (χ0) is 23.8. The summed E-state index contributed by atoms with van der Waals surface area (Å²) in [7, 11) is 0. The Morgan fingerprint density at radius 1 is 1.24 bits per heavy atom. The van der Waals surface area contributed by atoms with Gasteiger partial charge in [0.15, 0.2) is 0 Å². The second kappa shape index (κ2) is 8.60. The minimum absolute atomic E-state index is 0.0916. The number of hydrogen-bond acceptors (Lipinski definition) is 7. The predicted molar refractivity (Wildman–Crippen MR) is 121 cm³/mol. The van der Waals surface area contributed by atoms with Crippen LogP contribution in [0.4, 0.5) is 10.5 Å². The summed E-state index contributed by atoms with van der Waals surface area (Å²) in [6.45, 7) is 4.59. The molecule has 0 radical (unpaired) electrons. The zero-order valence-electron chi connectivity index (χ0n) is 18.6. The summed E-state index contributed by atoms with van der Waals surface area (Å²) >= 11 is 0. The summed E-state index contributed by atoms with van der Waals surface area (Å²) in [5.74, 6) is 0.368. The van der Waals surface area contributed by atoms with Gasteiger partial charge in [-0.3, -0.25) is 9.20 Å². The number of hydrogen-bond donors (Lipinski definition) is 2. The molecule has 174 valence electrons. The van der Waals surface area contributed by atoms with E-state index in [1.165, 1.54) is 4.90 Å². The van der Waals surface area contributed by atoms with E-state index < -0.39 is 6.09 Å². The van der Waals surface area contributed by atoms with Crippen LogP contribution in [0.5, 0.6) is 0 Å². The van der Waals surface area contributed by atoms with Crippen LogP contribution >= 0.6 is 0 Å². The summed E-state index contributed by atoms with van der Waals surface area (Å²) < 4.78 is 12.6. The summed E-state index contributed by atoms with van der Waals surface area (Å²) in [6, 6.07) is 9.30. The molecule has 11 heteroatoms. The lowest BCUT2D eigenvalue weighted by Crippen LogP contribution is -2.54. The molecular weight excluding hydrogens is 440 g/mol. The number of pyridine rings is 1. The first-order valence-electron chi connectivity index (χ1n) is 10.7. The molecule has 1 aliphatic rings. The van der Waals surface area contributed by atoms with Crippen LogP contribution in [-0.2, 0) is 11.3 Å². The Morgan fingerprint density at radius 3 is 2.85 bits per heavy atom. The second-order valence-corrected chi connectivity index (χ2v) is 8.19. The maximum Gasteiger partial charge on any atom is 0.407 e. The van der Waals surface area contributed by atoms with Crippen LogP contribution < -0.4 is 5.32 Å². The quantitative estimate of drug-likeness (QED) is 0.446. The molecule has 4 aromatic rings. The van der Waals surface area contributed by atoms with Gasteiger partial charge in [-0.15, -0.1) is 0 Å². The molecule has 11 nitrogen and oxygen atoms in total. The Hall–Kier alpha value is -4.25.